The monoisotopic (exact) mass is 283 g/mol. The topological polar surface area (TPSA) is 119 Å². The molecular weight excluding hydrogens is 266 g/mol. The Labute approximate surface area is 115 Å². The molecule has 20 heavy (non-hydrogen) atoms. The fourth-order valence-electron chi connectivity index (χ4n) is 2.01. The number of benzene rings is 1. The van der Waals surface area contributed by atoms with E-state index < -0.39 is 30.7 Å². The third kappa shape index (κ3) is 3.14. The molecule has 0 aromatic heterocycles. The van der Waals surface area contributed by atoms with Gasteiger partial charge in [-0.15, -0.1) is 0 Å². The van der Waals surface area contributed by atoms with Crippen molar-refractivity contribution in [2.24, 2.45) is 0 Å². The average Bonchev–Trinajstić information content (AvgIpc) is 2.73. The van der Waals surface area contributed by atoms with Crippen molar-refractivity contribution >= 4 is 5.91 Å². The Morgan fingerprint density at radius 3 is 2.40 bits per heavy atom. The minimum absolute atomic E-state index is 0.172. The molecule has 1 aromatic carbocycles. The molecule has 0 radical (unpaired) electrons. The molecule has 0 spiro atoms. The van der Waals surface area contributed by atoms with Crippen molar-refractivity contribution in [3.05, 3.63) is 35.9 Å². The smallest absolute Gasteiger partial charge is 0.251 e. The molecule has 1 amide bonds. The van der Waals surface area contributed by atoms with E-state index in [9.17, 15) is 25.2 Å². The molecule has 0 aliphatic carbocycles. The van der Waals surface area contributed by atoms with Gasteiger partial charge in [0.1, 0.15) is 24.4 Å². The first-order valence-corrected chi connectivity index (χ1v) is 6.21. The number of hydrogen-bond donors (Lipinski definition) is 5. The van der Waals surface area contributed by atoms with Crippen molar-refractivity contribution in [3.8, 4) is 0 Å². The van der Waals surface area contributed by atoms with Gasteiger partial charge in [-0.1, -0.05) is 18.2 Å². The highest BCUT2D eigenvalue weighted by atomic mass is 16.6. The van der Waals surface area contributed by atoms with Gasteiger partial charge in [0.2, 0.25) is 0 Å². The van der Waals surface area contributed by atoms with E-state index in [1.807, 2.05) is 0 Å². The summed E-state index contributed by atoms with van der Waals surface area (Å²) in [6.07, 6.45) is -6.83. The van der Waals surface area contributed by atoms with Gasteiger partial charge in [0.15, 0.2) is 6.29 Å². The van der Waals surface area contributed by atoms with Gasteiger partial charge in [0, 0.05) is 12.1 Å². The number of amides is 1. The molecule has 1 aliphatic rings. The summed E-state index contributed by atoms with van der Waals surface area (Å²) < 4.78 is 4.84. The minimum atomic E-state index is -1.55. The average molecular weight is 283 g/mol. The summed E-state index contributed by atoms with van der Waals surface area (Å²) in [6, 6.07) is 8.44. The summed E-state index contributed by atoms with van der Waals surface area (Å²) >= 11 is 0. The zero-order valence-corrected chi connectivity index (χ0v) is 10.6. The van der Waals surface area contributed by atoms with Crippen LogP contribution < -0.4 is 5.32 Å². The lowest BCUT2D eigenvalue weighted by molar-refractivity contribution is -0.145. The number of rotatable bonds is 4. The lowest BCUT2D eigenvalue weighted by atomic mass is 10.1. The number of carbonyl (C=O) groups excluding carboxylic acids is 1. The van der Waals surface area contributed by atoms with E-state index in [0.717, 1.165) is 0 Å². The van der Waals surface area contributed by atoms with Crippen LogP contribution in [0.15, 0.2) is 30.3 Å². The Kier molecular flexibility index (Phi) is 4.69. The molecule has 1 aromatic rings. The zero-order valence-electron chi connectivity index (χ0n) is 10.6. The normalized spacial score (nSPS) is 31.0. The second-order valence-electron chi connectivity index (χ2n) is 4.62. The van der Waals surface area contributed by atoms with Crippen LogP contribution in [0.4, 0.5) is 0 Å². The highest BCUT2D eigenvalue weighted by molar-refractivity contribution is 5.94. The van der Waals surface area contributed by atoms with Crippen LogP contribution in [0.2, 0.25) is 0 Å². The molecule has 2 rings (SSSR count). The zero-order chi connectivity index (χ0) is 14.7. The summed E-state index contributed by atoms with van der Waals surface area (Å²) in [4.78, 5) is 11.7. The maximum absolute atomic E-state index is 11.7. The molecule has 5 atom stereocenters. The third-order valence-corrected chi connectivity index (χ3v) is 3.16. The van der Waals surface area contributed by atoms with Gasteiger partial charge in [0.05, 0.1) is 0 Å². The standard InChI is InChI=1S/C13H17NO6/c15-8(11-9(16)10(17)13(19)20-11)6-14-12(18)7-4-2-1-3-5-7/h1-5,8-11,13,15-17,19H,6H2,(H,14,18)/t8-,9-,10-,11+,13?/m1/s1. The Hall–Kier alpha value is -1.51. The van der Waals surface area contributed by atoms with Crippen LogP contribution in [0.1, 0.15) is 10.4 Å². The van der Waals surface area contributed by atoms with Crippen LogP contribution in [0.5, 0.6) is 0 Å². The molecule has 1 aliphatic heterocycles. The fraction of sp³-hybridized carbons (Fsp3) is 0.462. The number of nitrogens with one attached hydrogen (secondary N) is 1. The van der Waals surface area contributed by atoms with Gasteiger partial charge in [0.25, 0.3) is 5.91 Å². The quantitative estimate of drug-likeness (QED) is 0.445. The number of aliphatic hydroxyl groups excluding tert-OH is 4. The molecule has 7 nitrogen and oxygen atoms in total. The van der Waals surface area contributed by atoms with E-state index in [2.05, 4.69) is 5.32 Å². The molecule has 1 fully saturated rings. The summed E-state index contributed by atoms with van der Waals surface area (Å²) in [5.74, 6) is -0.377. The van der Waals surface area contributed by atoms with Gasteiger partial charge >= 0.3 is 0 Å². The Morgan fingerprint density at radius 2 is 1.85 bits per heavy atom. The third-order valence-electron chi connectivity index (χ3n) is 3.16. The minimum Gasteiger partial charge on any atom is -0.388 e. The van der Waals surface area contributed by atoms with Gasteiger partial charge in [-0.25, -0.2) is 0 Å². The predicted octanol–water partition coefficient (Wildman–Crippen LogP) is -1.78. The van der Waals surface area contributed by atoms with Crippen molar-refractivity contribution in [3.63, 3.8) is 0 Å². The lowest BCUT2D eigenvalue weighted by Crippen LogP contribution is -2.44. The molecule has 110 valence electrons. The Balaban J connectivity index is 1.87. The lowest BCUT2D eigenvalue weighted by Gasteiger charge is -2.21. The Morgan fingerprint density at radius 1 is 1.20 bits per heavy atom. The summed E-state index contributed by atoms with van der Waals surface area (Å²) in [5, 5.41) is 40.4. The number of hydrogen-bond acceptors (Lipinski definition) is 6. The molecule has 1 heterocycles. The van der Waals surface area contributed by atoms with Crippen LogP contribution in [0.3, 0.4) is 0 Å². The molecule has 1 unspecified atom stereocenters. The second kappa shape index (κ2) is 6.29. The van der Waals surface area contributed by atoms with Gasteiger partial charge in [-0.3, -0.25) is 4.79 Å². The summed E-state index contributed by atoms with van der Waals surface area (Å²) in [6.45, 7) is -0.172. The number of carbonyl (C=O) groups is 1. The Bertz CT molecular complexity index is 453. The van der Waals surface area contributed by atoms with Crippen molar-refractivity contribution in [2.45, 2.75) is 30.7 Å². The first-order valence-electron chi connectivity index (χ1n) is 6.21. The van der Waals surface area contributed by atoms with Crippen LogP contribution in [0.25, 0.3) is 0 Å². The summed E-state index contributed by atoms with van der Waals surface area (Å²) in [7, 11) is 0. The van der Waals surface area contributed by atoms with E-state index in [1.54, 1.807) is 30.3 Å². The van der Waals surface area contributed by atoms with E-state index >= 15 is 0 Å². The van der Waals surface area contributed by atoms with Crippen molar-refractivity contribution in [1.29, 1.82) is 0 Å². The SMILES string of the molecule is O=C(NC[C@@H](O)[C@@H]1OC(O)[C@H](O)[C@H]1O)c1ccccc1. The molecule has 7 heteroatoms. The molecular formula is C13H17NO6. The maximum Gasteiger partial charge on any atom is 0.251 e. The second-order valence-corrected chi connectivity index (χ2v) is 4.62. The van der Waals surface area contributed by atoms with Crippen LogP contribution in [-0.4, -0.2) is 63.6 Å². The summed E-state index contributed by atoms with van der Waals surface area (Å²) in [5.41, 5.74) is 0.438. The van der Waals surface area contributed by atoms with Crippen molar-refractivity contribution in [2.75, 3.05) is 6.54 Å². The van der Waals surface area contributed by atoms with Gasteiger partial charge < -0.3 is 30.5 Å². The predicted molar refractivity (Wildman–Crippen MR) is 67.7 cm³/mol. The van der Waals surface area contributed by atoms with Crippen LogP contribution in [-0.2, 0) is 4.74 Å². The molecule has 5 N–H and O–H groups in total. The van der Waals surface area contributed by atoms with Crippen LogP contribution >= 0.6 is 0 Å². The fourth-order valence-corrected chi connectivity index (χ4v) is 2.01. The highest BCUT2D eigenvalue weighted by Crippen LogP contribution is 2.21. The molecule has 0 saturated carbocycles. The van der Waals surface area contributed by atoms with Gasteiger partial charge in [-0.2, -0.15) is 0 Å². The van der Waals surface area contributed by atoms with Gasteiger partial charge in [-0.05, 0) is 12.1 Å². The number of aliphatic hydroxyl groups is 4. The highest BCUT2D eigenvalue weighted by Gasteiger charge is 2.45. The van der Waals surface area contributed by atoms with Crippen LogP contribution in [0, 0.1) is 0 Å². The molecule has 0 bridgehead atoms. The number of ether oxygens (including phenoxy) is 1. The molecule has 1 saturated heterocycles. The maximum atomic E-state index is 11.7. The van der Waals surface area contributed by atoms with Crippen molar-refractivity contribution in [1.82, 2.24) is 5.32 Å². The first kappa shape index (κ1) is 14.9. The first-order chi connectivity index (χ1) is 9.50. The van der Waals surface area contributed by atoms with E-state index in [-0.39, 0.29) is 12.5 Å². The van der Waals surface area contributed by atoms with E-state index in [1.165, 1.54) is 0 Å². The largest absolute Gasteiger partial charge is 0.388 e. The van der Waals surface area contributed by atoms with Crippen molar-refractivity contribution < 1.29 is 30.0 Å². The van der Waals surface area contributed by atoms with E-state index in [0.29, 0.717) is 5.56 Å². The van der Waals surface area contributed by atoms with E-state index in [4.69, 9.17) is 4.74 Å².